The van der Waals surface area contributed by atoms with Crippen LogP contribution in [0.15, 0.2) is 211 Å². The third-order valence-corrected chi connectivity index (χ3v) is 7.02. The number of nitrogens with zero attached hydrogens (tertiary/aromatic N) is 12. The van der Waals surface area contributed by atoms with Gasteiger partial charge < -0.3 is 131 Å². The molecule has 12 aromatic heterocycles. The van der Waals surface area contributed by atoms with Gasteiger partial charge in [-0.05, 0) is 24.3 Å². The number of aromatic nitrogens is 22. The Morgan fingerprint density at radius 2 is 0.368 bits per heavy atom. The van der Waals surface area contributed by atoms with Gasteiger partial charge in [-0.25, -0.2) is 59.8 Å². The average molecular weight is 1360 g/mol. The fourth-order valence-electron chi connectivity index (χ4n) is 3.87. The molecule has 0 unspecified atom stereocenters. The summed E-state index contributed by atoms with van der Waals surface area (Å²) in [5.74, 6) is -10.6. The number of carboxylic acid groups (broad SMARTS) is 6. The minimum atomic E-state index is -1.79. The number of carbonyl (C=O) groups is 6. The molecule has 0 saturated carbocycles. The van der Waals surface area contributed by atoms with E-state index in [1.807, 2.05) is 0 Å². The summed E-state index contributed by atoms with van der Waals surface area (Å²) in [7, 11) is 0. The fraction of sp³-hybridized carbons (Fsp3) is 0. The maximum Gasteiger partial charge on any atom is 2.00 e. The summed E-state index contributed by atoms with van der Waals surface area (Å²) < 4.78 is 0. The van der Waals surface area contributed by atoms with Crippen LogP contribution in [0.2, 0.25) is 0 Å². The van der Waals surface area contributed by atoms with Crippen LogP contribution in [0, 0.1) is 0 Å². The SMILES string of the molecule is O.O.O.O.O=C([O-])c1cc(C(=O)[O-])nc(C(=O)[O-])c1.O=C([O-])c1cc(C(=O)[O-])nc(C(=O)[O-])c1.[Cu+2].[Cu+2].[Cu+2].c1c[nH]cn1.c1c[nH]cn1.c1c[nH]cn1.c1c[nH]cn1.c1c[nH]cn1.c1c[nH]cn1.c1c[nH]cn1.c1c[nH]cn1.c1c[nH]cn1.c1c[nH]cn1. The van der Waals surface area contributed by atoms with Crippen LogP contribution in [0.4, 0.5) is 0 Å². The third kappa shape index (κ3) is 52.4. The van der Waals surface area contributed by atoms with Crippen LogP contribution in [-0.4, -0.2) is 167 Å². The fourth-order valence-corrected chi connectivity index (χ4v) is 3.87. The van der Waals surface area contributed by atoms with E-state index in [0.29, 0.717) is 24.3 Å². The van der Waals surface area contributed by atoms with E-state index in [2.05, 4.69) is 110 Å². The van der Waals surface area contributed by atoms with E-state index in [1.165, 1.54) is 0 Å². The second-order valence-electron chi connectivity index (χ2n) is 12.6. The van der Waals surface area contributed by atoms with Crippen LogP contribution in [0.5, 0.6) is 0 Å². The maximum absolute atomic E-state index is 10.4. The summed E-state index contributed by atoms with van der Waals surface area (Å²) in [4.78, 5) is 133. The molecular weight excluding hydrogens is 1310 g/mol. The number of H-pyrrole nitrogens is 10. The first kappa shape index (κ1) is 89.4. The molecule has 475 valence electrons. The molecular formula is C46H52Cu3N22O16. The number of imidazole rings is 10. The van der Waals surface area contributed by atoms with Crippen LogP contribution < -0.4 is 30.6 Å². The second-order valence-corrected chi connectivity index (χ2v) is 12.6. The van der Waals surface area contributed by atoms with Gasteiger partial charge in [-0.15, -0.1) is 0 Å². The molecule has 0 aliphatic rings. The molecule has 0 aliphatic carbocycles. The normalized spacial score (nSPS) is 7.91. The van der Waals surface area contributed by atoms with E-state index in [0.717, 1.165) is 0 Å². The second kappa shape index (κ2) is 62.2. The largest absolute Gasteiger partial charge is 2.00 e. The number of carboxylic acids is 6. The maximum atomic E-state index is 10.4. The Morgan fingerprint density at radius 3 is 0.425 bits per heavy atom. The molecule has 0 fully saturated rings. The predicted molar refractivity (Wildman–Crippen MR) is 275 cm³/mol. The van der Waals surface area contributed by atoms with Gasteiger partial charge in [0.25, 0.3) is 0 Å². The van der Waals surface area contributed by atoms with Gasteiger partial charge in [0.05, 0.1) is 122 Å². The predicted octanol–water partition coefficient (Wildman–Crippen LogP) is -6.87. The van der Waals surface area contributed by atoms with Gasteiger partial charge >= 0.3 is 51.2 Å². The Hall–Kier alpha value is -11.4. The zero-order valence-electron chi connectivity index (χ0n) is 43.8. The Labute approximate surface area is 520 Å². The van der Waals surface area contributed by atoms with E-state index in [4.69, 9.17) is 0 Å². The Kier molecular flexibility index (Phi) is 64.0. The number of carbonyl (C=O) groups excluding carboxylic acids is 6. The van der Waals surface area contributed by atoms with E-state index < -0.39 is 69.7 Å². The molecule has 0 atom stereocenters. The first-order chi connectivity index (χ1) is 38.8. The first-order valence-corrected chi connectivity index (χ1v) is 21.4. The quantitative estimate of drug-likeness (QED) is 0.0692. The number of hydrogen-bond donors (Lipinski definition) is 10. The number of aromatic amines is 10. The summed E-state index contributed by atoms with van der Waals surface area (Å²) in [5.41, 5.74) is -4.48. The molecule has 0 aliphatic heterocycles. The smallest absolute Gasteiger partial charge is 0.545 e. The van der Waals surface area contributed by atoms with Crippen molar-refractivity contribution in [1.29, 1.82) is 0 Å². The van der Waals surface area contributed by atoms with E-state index >= 15 is 0 Å². The molecule has 0 saturated heterocycles. The van der Waals surface area contributed by atoms with Crippen molar-refractivity contribution in [2.24, 2.45) is 0 Å². The average Bonchev–Trinajstić information content (AvgIpc) is 3.99. The molecule has 18 N–H and O–H groups in total. The van der Waals surface area contributed by atoms with Crippen LogP contribution in [0.1, 0.15) is 62.7 Å². The molecule has 12 aromatic rings. The van der Waals surface area contributed by atoms with Crippen molar-refractivity contribution in [3.05, 3.63) is 245 Å². The number of hydrogen-bond acceptors (Lipinski definition) is 24. The summed E-state index contributed by atoms with van der Waals surface area (Å²) in [6, 6.07) is 2.54. The monoisotopic (exact) mass is 1360 g/mol. The number of aromatic carboxylic acids is 6. The van der Waals surface area contributed by atoms with Crippen molar-refractivity contribution in [3.63, 3.8) is 0 Å². The number of nitrogens with one attached hydrogen (secondary N) is 10. The minimum Gasteiger partial charge on any atom is -0.545 e. The van der Waals surface area contributed by atoms with Crippen molar-refractivity contribution in [2.75, 3.05) is 0 Å². The van der Waals surface area contributed by atoms with Gasteiger partial charge in [-0.3, -0.25) is 0 Å². The van der Waals surface area contributed by atoms with Crippen LogP contribution in [0.25, 0.3) is 0 Å². The van der Waals surface area contributed by atoms with Crippen LogP contribution in [0.3, 0.4) is 0 Å². The molecule has 0 spiro atoms. The summed E-state index contributed by atoms with van der Waals surface area (Å²) >= 11 is 0. The Bertz CT molecular complexity index is 2350. The Balaban J connectivity index is -0.000000164. The number of pyridine rings is 2. The zero-order valence-corrected chi connectivity index (χ0v) is 46.6. The van der Waals surface area contributed by atoms with Crippen molar-refractivity contribution in [2.45, 2.75) is 0 Å². The first-order valence-electron chi connectivity index (χ1n) is 21.4. The molecule has 3 radical (unpaired) electrons. The van der Waals surface area contributed by atoms with E-state index in [9.17, 15) is 59.4 Å². The summed E-state index contributed by atoms with van der Waals surface area (Å²) in [5, 5.41) is 62.2. The van der Waals surface area contributed by atoms with Gasteiger partial charge in [0.15, 0.2) is 0 Å². The topological polar surface area (TPSA) is 679 Å². The minimum absolute atomic E-state index is 0. The van der Waals surface area contributed by atoms with Gasteiger partial charge in [0, 0.05) is 135 Å². The zero-order chi connectivity index (χ0) is 58.5. The molecule has 0 aromatic carbocycles. The van der Waals surface area contributed by atoms with Crippen molar-refractivity contribution < 1.29 is 133 Å². The molecule has 12 heterocycles. The van der Waals surface area contributed by atoms with Gasteiger partial charge in [0.2, 0.25) is 0 Å². The Morgan fingerprint density at radius 1 is 0.241 bits per heavy atom. The van der Waals surface area contributed by atoms with Gasteiger partial charge in [-0.2, -0.15) is 0 Å². The molecule has 87 heavy (non-hydrogen) atoms. The van der Waals surface area contributed by atoms with Crippen molar-refractivity contribution in [3.8, 4) is 0 Å². The standard InChI is InChI=1S/2C8H5NO6.10C3H4N2.3Cu.4H2O/c2*10-6(11)3-1-4(7(12)13)9-5(2-3)8(14)15;10*1-2-5-3-4-1;;;;;;;/h2*1-2H,(H,10,11)(H,12,13)(H,14,15);10*1-3H,(H,4,5);;;;4*1H2/q;;;;;;;;;;;;3*+2;;;;/p-6. The summed E-state index contributed by atoms with van der Waals surface area (Å²) in [6.45, 7) is 0. The van der Waals surface area contributed by atoms with Crippen molar-refractivity contribution >= 4 is 35.8 Å². The number of rotatable bonds is 6. The molecule has 12 rings (SSSR count). The molecule has 0 amide bonds. The summed E-state index contributed by atoms with van der Waals surface area (Å²) in [6.07, 6.45) is 50.8. The van der Waals surface area contributed by atoms with Crippen molar-refractivity contribution in [1.82, 2.24) is 110 Å². The van der Waals surface area contributed by atoms with E-state index in [1.54, 1.807) is 187 Å². The van der Waals surface area contributed by atoms with Gasteiger partial charge in [0.1, 0.15) is 0 Å². The van der Waals surface area contributed by atoms with Gasteiger partial charge in [-0.1, -0.05) is 0 Å². The van der Waals surface area contributed by atoms with Crippen LogP contribution >= 0.6 is 0 Å². The molecule has 0 bridgehead atoms. The third-order valence-electron chi connectivity index (χ3n) is 7.02. The van der Waals surface area contributed by atoms with E-state index in [-0.39, 0.29) is 73.1 Å². The molecule has 41 heteroatoms. The van der Waals surface area contributed by atoms with Crippen LogP contribution in [-0.2, 0) is 51.2 Å². The molecule has 38 nitrogen and oxygen atoms in total.